The molecule has 0 atom stereocenters. The Morgan fingerprint density at radius 1 is 0.850 bits per heavy atom. The Balaban J connectivity index is 2.32. The molecule has 98 valence electrons. The lowest BCUT2D eigenvalue weighted by molar-refractivity contribution is 0.0999. The fourth-order valence-corrected chi connectivity index (χ4v) is 3.31. The third kappa shape index (κ3) is 2.18. The first-order valence-electron chi connectivity index (χ1n) is 6.25. The number of benzene rings is 3. The Morgan fingerprint density at radius 3 is 2.30 bits per heavy atom. The zero-order chi connectivity index (χ0) is 14.1. The molecule has 2 N–H and O–H groups in total. The largest absolute Gasteiger partial charge is 0.366 e. The van der Waals surface area contributed by atoms with E-state index in [0.717, 1.165) is 14.7 Å². The van der Waals surface area contributed by atoms with Crippen LogP contribution in [-0.2, 0) is 0 Å². The van der Waals surface area contributed by atoms with Gasteiger partial charge in [0.15, 0.2) is 0 Å². The number of primary amides is 1. The minimum absolute atomic E-state index is 0.392. The van der Waals surface area contributed by atoms with E-state index >= 15 is 0 Å². The van der Waals surface area contributed by atoms with Gasteiger partial charge in [-0.15, -0.1) is 0 Å². The van der Waals surface area contributed by atoms with Gasteiger partial charge in [-0.25, -0.2) is 0 Å². The number of amides is 1. The molecule has 0 saturated heterocycles. The molecule has 0 radical (unpaired) electrons. The second-order valence-corrected chi connectivity index (χ2v) is 5.64. The fourth-order valence-electron chi connectivity index (χ4n) is 2.39. The van der Waals surface area contributed by atoms with E-state index in [9.17, 15) is 4.79 Å². The summed E-state index contributed by atoms with van der Waals surface area (Å²) in [7, 11) is 0. The van der Waals surface area contributed by atoms with Crippen molar-refractivity contribution in [2.45, 2.75) is 0 Å². The molecule has 0 aliphatic heterocycles. The third-order valence-electron chi connectivity index (χ3n) is 3.34. The van der Waals surface area contributed by atoms with Crippen molar-refractivity contribution in [3.63, 3.8) is 0 Å². The maximum absolute atomic E-state index is 11.5. The normalized spacial score (nSPS) is 10.7. The summed E-state index contributed by atoms with van der Waals surface area (Å²) in [5.41, 5.74) is 8.16. The summed E-state index contributed by atoms with van der Waals surface area (Å²) in [6.45, 7) is 0. The van der Waals surface area contributed by atoms with E-state index in [1.807, 2.05) is 30.3 Å². The monoisotopic (exact) mass is 373 g/mol. The first-order chi connectivity index (χ1) is 9.68. The lowest BCUT2D eigenvalue weighted by atomic mass is 9.97. The van der Waals surface area contributed by atoms with Crippen LogP contribution in [0.3, 0.4) is 0 Å². The van der Waals surface area contributed by atoms with Gasteiger partial charge in [-0.1, -0.05) is 54.6 Å². The Kier molecular flexibility index (Phi) is 3.44. The highest BCUT2D eigenvalue weighted by Crippen LogP contribution is 2.33. The molecule has 0 bridgehead atoms. The molecule has 3 heteroatoms. The molecular formula is C17H12INO. The van der Waals surface area contributed by atoms with Crippen molar-refractivity contribution in [2.24, 2.45) is 5.73 Å². The van der Waals surface area contributed by atoms with Crippen molar-refractivity contribution in [1.82, 2.24) is 0 Å². The molecule has 0 fully saturated rings. The quantitative estimate of drug-likeness (QED) is 0.672. The van der Waals surface area contributed by atoms with Crippen LogP contribution in [0.5, 0.6) is 0 Å². The lowest BCUT2D eigenvalue weighted by Gasteiger charge is -2.11. The van der Waals surface area contributed by atoms with Crippen molar-refractivity contribution in [3.05, 3.63) is 69.8 Å². The van der Waals surface area contributed by atoms with Crippen LogP contribution in [0.25, 0.3) is 21.9 Å². The molecule has 0 aliphatic carbocycles. The second kappa shape index (κ2) is 5.25. The van der Waals surface area contributed by atoms with E-state index in [4.69, 9.17) is 5.73 Å². The van der Waals surface area contributed by atoms with Gasteiger partial charge in [0.2, 0.25) is 5.91 Å². The van der Waals surface area contributed by atoms with Crippen molar-refractivity contribution in [2.75, 3.05) is 0 Å². The van der Waals surface area contributed by atoms with Crippen LogP contribution in [0.2, 0.25) is 0 Å². The summed E-state index contributed by atoms with van der Waals surface area (Å²) in [5, 5.41) is 2.36. The maximum atomic E-state index is 11.5. The van der Waals surface area contributed by atoms with Crippen molar-refractivity contribution >= 4 is 39.3 Å². The van der Waals surface area contributed by atoms with Gasteiger partial charge in [-0.05, 0) is 50.6 Å². The molecule has 1 amide bonds. The van der Waals surface area contributed by atoms with Crippen molar-refractivity contribution in [3.8, 4) is 11.1 Å². The van der Waals surface area contributed by atoms with Gasteiger partial charge in [0.05, 0.1) is 5.56 Å². The van der Waals surface area contributed by atoms with E-state index in [1.165, 1.54) is 10.8 Å². The lowest BCUT2D eigenvalue weighted by Crippen LogP contribution is -2.13. The highest BCUT2D eigenvalue weighted by Gasteiger charge is 2.12. The van der Waals surface area contributed by atoms with Crippen LogP contribution < -0.4 is 5.73 Å². The summed E-state index contributed by atoms with van der Waals surface area (Å²) in [5.74, 6) is -0.392. The van der Waals surface area contributed by atoms with Gasteiger partial charge in [-0.3, -0.25) is 4.79 Å². The molecule has 0 saturated carbocycles. The number of rotatable bonds is 2. The van der Waals surface area contributed by atoms with Gasteiger partial charge >= 0.3 is 0 Å². The summed E-state index contributed by atoms with van der Waals surface area (Å²) in [6.07, 6.45) is 0. The predicted octanol–water partition coefficient (Wildman–Crippen LogP) is 4.21. The molecule has 0 aromatic heterocycles. The Morgan fingerprint density at radius 2 is 1.50 bits per heavy atom. The van der Waals surface area contributed by atoms with Crippen LogP contribution in [-0.4, -0.2) is 5.91 Å². The summed E-state index contributed by atoms with van der Waals surface area (Å²) in [6, 6.07) is 20.1. The summed E-state index contributed by atoms with van der Waals surface area (Å²) >= 11 is 2.19. The summed E-state index contributed by atoms with van der Waals surface area (Å²) < 4.78 is 0.897. The molecule has 2 nitrogen and oxygen atoms in total. The fraction of sp³-hybridized carbons (Fsp3) is 0. The second-order valence-electron chi connectivity index (χ2n) is 4.56. The van der Waals surface area contributed by atoms with Gasteiger partial charge in [0.1, 0.15) is 0 Å². The number of halogens is 1. The number of hydrogen-bond acceptors (Lipinski definition) is 1. The predicted molar refractivity (Wildman–Crippen MR) is 90.6 cm³/mol. The molecule has 3 rings (SSSR count). The maximum Gasteiger partial charge on any atom is 0.249 e. The smallest absolute Gasteiger partial charge is 0.249 e. The number of nitrogens with two attached hydrogens (primary N) is 1. The summed E-state index contributed by atoms with van der Waals surface area (Å²) in [4.78, 5) is 11.5. The van der Waals surface area contributed by atoms with Crippen LogP contribution in [0.1, 0.15) is 10.4 Å². The van der Waals surface area contributed by atoms with E-state index in [1.54, 1.807) is 6.07 Å². The zero-order valence-electron chi connectivity index (χ0n) is 10.6. The first-order valence-corrected chi connectivity index (χ1v) is 7.33. The van der Waals surface area contributed by atoms with Gasteiger partial charge in [0, 0.05) is 3.57 Å². The van der Waals surface area contributed by atoms with Crippen LogP contribution in [0.15, 0.2) is 60.7 Å². The van der Waals surface area contributed by atoms with E-state index < -0.39 is 5.91 Å². The molecule has 3 aromatic rings. The van der Waals surface area contributed by atoms with E-state index in [2.05, 4.69) is 46.9 Å². The molecule has 20 heavy (non-hydrogen) atoms. The molecule has 0 aliphatic rings. The first kappa shape index (κ1) is 13.1. The number of carbonyl (C=O) groups excluding carboxylic acids is 1. The topological polar surface area (TPSA) is 43.1 Å². The van der Waals surface area contributed by atoms with Gasteiger partial charge in [-0.2, -0.15) is 0 Å². The molecular weight excluding hydrogens is 361 g/mol. The number of hydrogen-bond donors (Lipinski definition) is 1. The van der Waals surface area contributed by atoms with Crippen LogP contribution in [0, 0.1) is 3.57 Å². The van der Waals surface area contributed by atoms with E-state index in [0.29, 0.717) is 5.56 Å². The SMILES string of the molecule is NC(=O)c1cccc(-c2cccc3ccccc23)c1I. The Labute approximate surface area is 130 Å². The molecule has 0 heterocycles. The van der Waals surface area contributed by atoms with Crippen molar-refractivity contribution in [1.29, 1.82) is 0 Å². The average molecular weight is 373 g/mol. The highest BCUT2D eigenvalue weighted by atomic mass is 127. The van der Waals surface area contributed by atoms with Gasteiger partial charge < -0.3 is 5.73 Å². The van der Waals surface area contributed by atoms with Gasteiger partial charge in [0.25, 0.3) is 0 Å². The van der Waals surface area contributed by atoms with Crippen molar-refractivity contribution < 1.29 is 4.79 Å². The third-order valence-corrected chi connectivity index (χ3v) is 4.51. The standard InChI is InChI=1S/C17H12INO/c18-16-14(9-4-10-15(16)17(19)20)13-8-3-6-11-5-1-2-7-12(11)13/h1-10H,(H2,19,20). The number of carbonyl (C=O) groups is 1. The van der Waals surface area contributed by atoms with Crippen LogP contribution >= 0.6 is 22.6 Å². The highest BCUT2D eigenvalue weighted by molar-refractivity contribution is 14.1. The molecule has 3 aromatic carbocycles. The molecule has 0 spiro atoms. The molecule has 0 unspecified atom stereocenters. The van der Waals surface area contributed by atoms with Crippen LogP contribution in [0.4, 0.5) is 0 Å². The minimum Gasteiger partial charge on any atom is -0.366 e. The Bertz CT molecular complexity index is 806. The minimum atomic E-state index is -0.392. The Hall–Kier alpha value is -1.88. The number of fused-ring (bicyclic) bond motifs is 1. The zero-order valence-corrected chi connectivity index (χ0v) is 12.8. The van der Waals surface area contributed by atoms with E-state index in [-0.39, 0.29) is 0 Å². The average Bonchev–Trinajstić information content (AvgIpc) is 2.47.